The van der Waals surface area contributed by atoms with Crippen molar-refractivity contribution in [1.29, 1.82) is 5.26 Å². The number of hydrogen-bond donors (Lipinski definition) is 3. The van der Waals surface area contributed by atoms with E-state index < -0.39 is 22.7 Å². The Morgan fingerprint density at radius 3 is 2.52 bits per heavy atom. The van der Waals surface area contributed by atoms with E-state index in [4.69, 9.17) is 23.2 Å². The predicted octanol–water partition coefficient (Wildman–Crippen LogP) is 6.52. The number of amides is 1. The zero-order valence-electron chi connectivity index (χ0n) is 24.0. The van der Waals surface area contributed by atoms with Crippen LogP contribution in [0.2, 0.25) is 10.0 Å². The molecule has 1 saturated heterocycles. The second kappa shape index (κ2) is 13.4. The lowest BCUT2D eigenvalue weighted by Gasteiger charge is -2.43. The van der Waals surface area contributed by atoms with E-state index in [1.165, 1.54) is 4.31 Å². The van der Waals surface area contributed by atoms with Gasteiger partial charge in [0, 0.05) is 34.6 Å². The largest absolute Gasteiger partial charge is 0.481 e. The lowest BCUT2D eigenvalue weighted by Crippen LogP contribution is -2.54. The highest BCUT2D eigenvalue weighted by atomic mass is 35.5. The molecule has 0 aromatic heterocycles. The van der Waals surface area contributed by atoms with Crippen LogP contribution in [0.5, 0.6) is 0 Å². The Bertz CT molecular complexity index is 1610. The first-order valence-electron chi connectivity index (χ1n) is 14.4. The van der Waals surface area contributed by atoms with Crippen LogP contribution in [-0.4, -0.2) is 42.1 Å². The molecule has 44 heavy (non-hydrogen) atoms. The van der Waals surface area contributed by atoms with Crippen molar-refractivity contribution in [3.05, 3.63) is 105 Å². The number of carboxylic acids is 1. The van der Waals surface area contributed by atoms with Crippen molar-refractivity contribution in [2.24, 2.45) is 11.3 Å². The van der Waals surface area contributed by atoms with E-state index in [-0.39, 0.29) is 48.7 Å². The van der Waals surface area contributed by atoms with Crippen molar-refractivity contribution in [3.8, 4) is 6.07 Å². The first kappa shape index (κ1) is 32.1. The zero-order chi connectivity index (χ0) is 31.6. The number of aliphatic carboxylic acids is 1. The third kappa shape index (κ3) is 7.17. The lowest BCUT2D eigenvalue weighted by molar-refractivity contribution is -0.147. The maximum Gasteiger partial charge on any atom is 0.304 e. The molecule has 1 saturated carbocycles. The Hall–Kier alpha value is -3.26. The smallest absolute Gasteiger partial charge is 0.304 e. The van der Waals surface area contributed by atoms with Crippen LogP contribution in [0.1, 0.15) is 66.7 Å². The molecule has 3 aromatic rings. The van der Waals surface area contributed by atoms with Gasteiger partial charge in [-0.15, -0.1) is 0 Å². The van der Waals surface area contributed by atoms with Gasteiger partial charge in [0.1, 0.15) is 0 Å². The summed E-state index contributed by atoms with van der Waals surface area (Å²) in [7, 11) is 0. The van der Waals surface area contributed by atoms with E-state index in [1.807, 2.05) is 42.5 Å². The number of piperidine rings is 1. The van der Waals surface area contributed by atoms with Gasteiger partial charge in [-0.05, 0) is 78.1 Å². The van der Waals surface area contributed by atoms with Crippen LogP contribution < -0.4 is 5.32 Å². The van der Waals surface area contributed by atoms with Crippen molar-refractivity contribution < 1.29 is 23.5 Å². The standard InChI is InChI=1S/C33H33Cl2N3O5S/c1-33(17-31(39)40)16-28(21-7-4-8-25(35)13-21)29(37-32(33)41)14-26(20-9-11-24(34)12-10-20)27-15-30(27)38(44(42)43)19-23-6-3-2-5-22(23)18-36/h2-13,26-30H,14-17,19H2,1H3,(H,37,41)(H,39,40)(H,42,43)/t26-,27?,28-,29+,30?,33+/m1/s1. The van der Waals surface area contributed by atoms with E-state index >= 15 is 0 Å². The Morgan fingerprint density at radius 2 is 1.86 bits per heavy atom. The number of carboxylic acid groups (broad SMARTS) is 1. The van der Waals surface area contributed by atoms with Gasteiger partial charge in [0.2, 0.25) is 17.2 Å². The summed E-state index contributed by atoms with van der Waals surface area (Å²) in [5.41, 5.74) is 1.91. The number of halogens is 2. The minimum absolute atomic E-state index is 0.0224. The van der Waals surface area contributed by atoms with Crippen molar-refractivity contribution in [2.45, 2.75) is 63.1 Å². The number of rotatable bonds is 11. The van der Waals surface area contributed by atoms with Gasteiger partial charge in [-0.2, -0.15) is 9.57 Å². The molecular formula is C33H33Cl2N3O5S. The van der Waals surface area contributed by atoms with E-state index in [1.54, 1.807) is 37.3 Å². The highest BCUT2D eigenvalue weighted by Gasteiger charge is 2.52. The molecule has 1 aliphatic heterocycles. The fourth-order valence-corrected chi connectivity index (χ4v) is 7.74. The number of benzene rings is 3. The summed E-state index contributed by atoms with van der Waals surface area (Å²) in [6, 6.07) is 23.5. The topological polar surface area (TPSA) is 131 Å². The number of nitrogens with one attached hydrogen (secondary N) is 1. The second-order valence-electron chi connectivity index (χ2n) is 12.0. The molecular weight excluding hydrogens is 621 g/mol. The predicted molar refractivity (Wildman–Crippen MR) is 169 cm³/mol. The fraction of sp³-hybridized carbons (Fsp3) is 0.364. The number of carbonyl (C=O) groups excluding carboxylic acids is 1. The van der Waals surface area contributed by atoms with Gasteiger partial charge in [-0.3, -0.25) is 14.1 Å². The molecule has 1 aliphatic carbocycles. The molecule has 3 unspecified atom stereocenters. The summed E-state index contributed by atoms with van der Waals surface area (Å²) >= 11 is 10.3. The Kier molecular flexibility index (Phi) is 9.78. The number of carbonyl (C=O) groups is 2. The molecule has 1 heterocycles. The van der Waals surface area contributed by atoms with Gasteiger partial charge in [0.05, 0.1) is 23.5 Å². The molecule has 0 bridgehead atoms. The van der Waals surface area contributed by atoms with E-state index in [9.17, 15) is 28.7 Å². The number of hydrogen-bond acceptors (Lipinski definition) is 4. The first-order valence-corrected chi connectivity index (χ1v) is 16.2. The molecule has 8 nitrogen and oxygen atoms in total. The fourth-order valence-electron chi connectivity index (χ4n) is 6.69. The van der Waals surface area contributed by atoms with Crippen LogP contribution in [0, 0.1) is 22.7 Å². The summed E-state index contributed by atoms with van der Waals surface area (Å²) in [6.45, 7) is 1.82. The van der Waals surface area contributed by atoms with Crippen LogP contribution in [0.3, 0.4) is 0 Å². The third-order valence-corrected chi connectivity index (χ3v) is 10.3. The summed E-state index contributed by atoms with van der Waals surface area (Å²) in [5.74, 6) is -1.71. The van der Waals surface area contributed by atoms with Gasteiger partial charge >= 0.3 is 5.97 Å². The van der Waals surface area contributed by atoms with Crippen LogP contribution in [0.4, 0.5) is 0 Å². The SMILES string of the molecule is C[C@@]1(CC(=O)O)C[C@H](c2cccc(Cl)c2)[C@H](C[C@H](c2ccc(Cl)cc2)C2CC2N(Cc2ccccc2C#N)S(=O)O)NC1=O. The van der Waals surface area contributed by atoms with E-state index in [0.717, 1.165) is 11.1 Å². The second-order valence-corrected chi connectivity index (χ2v) is 13.8. The minimum atomic E-state index is -2.28. The molecule has 2 aliphatic rings. The molecule has 3 N–H and O–H groups in total. The quantitative estimate of drug-likeness (QED) is 0.202. The first-order chi connectivity index (χ1) is 21.0. The highest BCUT2D eigenvalue weighted by molar-refractivity contribution is 7.76. The molecule has 0 radical (unpaired) electrons. The van der Waals surface area contributed by atoms with Gasteiger partial charge < -0.3 is 10.4 Å². The summed E-state index contributed by atoms with van der Waals surface area (Å²) in [6.07, 6.45) is 1.19. The maximum atomic E-state index is 13.5. The summed E-state index contributed by atoms with van der Waals surface area (Å²) in [4.78, 5) is 25.2. The van der Waals surface area contributed by atoms with Crippen LogP contribution in [-0.2, 0) is 27.4 Å². The normalized spacial score (nSPS) is 26.0. The van der Waals surface area contributed by atoms with E-state index in [0.29, 0.717) is 40.4 Å². The monoisotopic (exact) mass is 653 g/mol. The molecule has 2 fully saturated rings. The van der Waals surface area contributed by atoms with Crippen molar-refractivity contribution >= 4 is 46.3 Å². The molecule has 230 valence electrons. The summed E-state index contributed by atoms with van der Waals surface area (Å²) < 4.78 is 24.5. The van der Waals surface area contributed by atoms with Gasteiger partial charge in [-0.25, -0.2) is 4.21 Å². The molecule has 1 amide bonds. The molecule has 3 aromatic carbocycles. The number of nitriles is 1. The lowest BCUT2D eigenvalue weighted by atomic mass is 9.68. The highest BCUT2D eigenvalue weighted by Crippen LogP contribution is 2.52. The Balaban J connectivity index is 1.47. The number of nitrogens with zero attached hydrogens (tertiary/aromatic N) is 2. The van der Waals surface area contributed by atoms with Gasteiger partial charge in [0.15, 0.2) is 0 Å². The van der Waals surface area contributed by atoms with Crippen LogP contribution in [0.25, 0.3) is 0 Å². The average molecular weight is 655 g/mol. The van der Waals surface area contributed by atoms with Gasteiger partial charge in [-0.1, -0.05) is 72.6 Å². The van der Waals surface area contributed by atoms with Crippen LogP contribution >= 0.6 is 23.2 Å². The van der Waals surface area contributed by atoms with Crippen molar-refractivity contribution in [1.82, 2.24) is 9.62 Å². The average Bonchev–Trinajstić information content (AvgIpc) is 3.76. The third-order valence-electron chi connectivity index (χ3n) is 9.00. The Labute approximate surface area is 269 Å². The van der Waals surface area contributed by atoms with Crippen LogP contribution in [0.15, 0.2) is 72.8 Å². The molecule has 5 rings (SSSR count). The minimum Gasteiger partial charge on any atom is -0.481 e. The van der Waals surface area contributed by atoms with Crippen molar-refractivity contribution in [2.75, 3.05) is 0 Å². The molecule has 11 heteroatoms. The van der Waals surface area contributed by atoms with E-state index in [2.05, 4.69) is 11.4 Å². The Morgan fingerprint density at radius 1 is 1.14 bits per heavy atom. The summed E-state index contributed by atoms with van der Waals surface area (Å²) in [5, 5.41) is 23.5. The van der Waals surface area contributed by atoms with Crippen molar-refractivity contribution in [3.63, 3.8) is 0 Å². The maximum absolute atomic E-state index is 13.5. The molecule has 0 spiro atoms. The van der Waals surface area contributed by atoms with Gasteiger partial charge in [0.25, 0.3) is 0 Å². The molecule has 7 atom stereocenters. The zero-order valence-corrected chi connectivity index (χ0v) is 26.4.